The van der Waals surface area contributed by atoms with Crippen LogP contribution in [0.4, 0.5) is 28.9 Å². The summed E-state index contributed by atoms with van der Waals surface area (Å²) < 4.78 is 95.7. The molecule has 0 aromatic heterocycles. The van der Waals surface area contributed by atoms with Crippen molar-refractivity contribution in [1.29, 1.82) is 0 Å². The highest BCUT2D eigenvalue weighted by Crippen LogP contribution is 2.36. The second-order valence-corrected chi connectivity index (χ2v) is 20.6. The molecule has 6 nitrogen and oxygen atoms in total. The van der Waals surface area contributed by atoms with Gasteiger partial charge in [0, 0.05) is 48.1 Å². The lowest BCUT2D eigenvalue weighted by Gasteiger charge is -2.32. The Kier molecular flexibility index (Phi) is 14.4. The minimum absolute atomic E-state index is 0.104. The number of halogens is 7. The summed E-state index contributed by atoms with van der Waals surface area (Å²) in [5, 5.41) is 0. The van der Waals surface area contributed by atoms with Gasteiger partial charge in [0.15, 0.2) is 0 Å². The topological polar surface area (TPSA) is 77.3 Å². The molecule has 0 atom stereocenters. The largest absolute Gasteiger partial charge is 0.494 e. The fourth-order valence-corrected chi connectivity index (χ4v) is 6.40. The third-order valence-corrected chi connectivity index (χ3v) is 10.6. The maximum Gasteiger partial charge on any atom is 0.494 e. The summed E-state index contributed by atoms with van der Waals surface area (Å²) in [6.45, 7) is 8.11. The molecular formula is C34H36BBr2F4IN2O4S2. The molecule has 1 heterocycles. The van der Waals surface area contributed by atoms with Crippen LogP contribution in [0.5, 0.6) is 0 Å². The number of nitrogens with zero attached hydrogens (tertiary/aromatic N) is 2. The minimum Gasteiger partial charge on any atom is -0.399 e. The van der Waals surface area contributed by atoms with Crippen molar-refractivity contribution in [2.75, 3.05) is 25.0 Å². The molecular weight excluding hydrogens is 938 g/mol. The Labute approximate surface area is 323 Å². The van der Waals surface area contributed by atoms with E-state index in [2.05, 4.69) is 40.6 Å². The molecule has 0 aliphatic carbocycles. The summed E-state index contributed by atoms with van der Waals surface area (Å²) in [4.78, 5) is 0. The smallest absolute Gasteiger partial charge is 0.399 e. The molecule has 5 rings (SSSR count). The summed E-state index contributed by atoms with van der Waals surface area (Å²) in [5.41, 5.74) is 2.63. The molecule has 270 valence electrons. The van der Waals surface area contributed by atoms with Crippen molar-refractivity contribution < 1.29 is 35.3 Å². The first kappa shape index (κ1) is 42.6. The van der Waals surface area contributed by atoms with Crippen LogP contribution in [0.1, 0.15) is 27.7 Å². The van der Waals surface area contributed by atoms with Gasteiger partial charge >= 0.3 is 7.12 Å². The van der Waals surface area contributed by atoms with E-state index in [9.17, 15) is 26.0 Å². The molecule has 4 aromatic rings. The maximum absolute atomic E-state index is 13.5. The molecule has 0 radical (unpaired) electrons. The Hall–Kier alpha value is -1.83. The second kappa shape index (κ2) is 16.9. The molecule has 1 aliphatic heterocycles. The van der Waals surface area contributed by atoms with Crippen molar-refractivity contribution in [2.24, 2.45) is 8.73 Å². The van der Waals surface area contributed by atoms with Gasteiger partial charge in [-0.25, -0.2) is 26.0 Å². The molecule has 50 heavy (non-hydrogen) atoms. The van der Waals surface area contributed by atoms with Crippen LogP contribution in [0.25, 0.3) is 11.1 Å². The van der Waals surface area contributed by atoms with Crippen LogP contribution in [0.15, 0.2) is 90.5 Å². The summed E-state index contributed by atoms with van der Waals surface area (Å²) in [5.74, 6) is -2.44. The Balaban J connectivity index is 0.000000214. The predicted molar refractivity (Wildman–Crippen MR) is 213 cm³/mol. The molecule has 0 saturated carbocycles. The predicted octanol–water partition coefficient (Wildman–Crippen LogP) is 10.4. The van der Waals surface area contributed by atoms with E-state index in [1.807, 2.05) is 74.6 Å². The van der Waals surface area contributed by atoms with Crippen molar-refractivity contribution in [3.05, 3.63) is 109 Å². The standard InChI is InChI=1S/C14H22BNO3S.C14H12BrF2NOS.C6H2BrF2I/c1-13(2)14(3,4)19-15(18-13)11-7-9-12(10-8-11)16-20(5,6)17;1-20(2,19)18-11-5-3-9(4-6-11)10-7-12(16)14(15)13(17)8-10;7-6-4(8)1-3(10)2-5(6)9/h7-10H,1-6H3;3-8H,1-2H3;1-2H. The third kappa shape index (κ3) is 12.4. The van der Waals surface area contributed by atoms with Gasteiger partial charge in [-0.05, 0) is 147 Å². The summed E-state index contributed by atoms with van der Waals surface area (Å²) >= 11 is 7.44. The van der Waals surface area contributed by atoms with E-state index in [0.29, 0.717) is 26.1 Å². The van der Waals surface area contributed by atoms with E-state index in [1.54, 1.807) is 49.3 Å². The van der Waals surface area contributed by atoms with Gasteiger partial charge < -0.3 is 9.31 Å². The van der Waals surface area contributed by atoms with Crippen LogP contribution in [-0.4, -0.2) is 51.8 Å². The van der Waals surface area contributed by atoms with Crippen LogP contribution >= 0.6 is 54.5 Å². The Morgan fingerprint density at radius 1 is 0.620 bits per heavy atom. The van der Waals surface area contributed by atoms with Crippen molar-refractivity contribution in [1.82, 2.24) is 0 Å². The fourth-order valence-electron chi connectivity index (χ4n) is 4.14. The molecule has 1 aliphatic rings. The first-order chi connectivity index (χ1) is 22.9. The van der Waals surface area contributed by atoms with E-state index in [0.717, 1.165) is 5.46 Å². The summed E-state index contributed by atoms with van der Waals surface area (Å²) in [6, 6.07) is 19.2. The second-order valence-electron chi connectivity index (χ2n) is 12.7. The van der Waals surface area contributed by atoms with Gasteiger partial charge in [-0.1, -0.05) is 24.3 Å². The van der Waals surface area contributed by atoms with Crippen molar-refractivity contribution >= 4 is 97.9 Å². The highest BCUT2D eigenvalue weighted by molar-refractivity contribution is 14.1. The Bertz CT molecular complexity index is 2030. The average Bonchev–Trinajstić information content (AvgIpc) is 3.20. The van der Waals surface area contributed by atoms with Crippen LogP contribution in [0.3, 0.4) is 0 Å². The van der Waals surface area contributed by atoms with Gasteiger partial charge in [-0.2, -0.15) is 8.73 Å². The molecule has 0 unspecified atom stereocenters. The van der Waals surface area contributed by atoms with Crippen LogP contribution < -0.4 is 5.46 Å². The van der Waals surface area contributed by atoms with Gasteiger partial charge in [0.05, 0.1) is 31.5 Å². The van der Waals surface area contributed by atoms with Crippen molar-refractivity contribution in [3.63, 3.8) is 0 Å². The van der Waals surface area contributed by atoms with Gasteiger partial charge in [-0.15, -0.1) is 0 Å². The van der Waals surface area contributed by atoms with E-state index in [4.69, 9.17) is 9.31 Å². The molecule has 1 saturated heterocycles. The molecule has 4 aromatic carbocycles. The quantitative estimate of drug-likeness (QED) is 0.0671. The van der Waals surface area contributed by atoms with E-state index >= 15 is 0 Å². The fraction of sp³-hybridized carbons (Fsp3) is 0.294. The highest BCUT2D eigenvalue weighted by Gasteiger charge is 2.51. The van der Waals surface area contributed by atoms with Crippen LogP contribution in [-0.2, 0) is 28.8 Å². The van der Waals surface area contributed by atoms with Gasteiger partial charge in [0.1, 0.15) is 23.3 Å². The van der Waals surface area contributed by atoms with Crippen molar-refractivity contribution in [3.8, 4) is 11.1 Å². The minimum atomic E-state index is -2.22. The lowest BCUT2D eigenvalue weighted by atomic mass is 9.79. The zero-order chi connectivity index (χ0) is 37.8. The summed E-state index contributed by atoms with van der Waals surface area (Å²) in [6.07, 6.45) is 6.32. The number of hydrogen-bond donors (Lipinski definition) is 0. The zero-order valence-corrected chi connectivity index (χ0v) is 35.5. The van der Waals surface area contributed by atoms with Gasteiger partial charge in [0.25, 0.3) is 0 Å². The normalized spacial score (nSPS) is 15.0. The van der Waals surface area contributed by atoms with E-state index in [1.165, 1.54) is 24.3 Å². The van der Waals surface area contributed by atoms with Gasteiger partial charge in [-0.3, -0.25) is 0 Å². The molecule has 16 heteroatoms. The van der Waals surface area contributed by atoms with Gasteiger partial charge in [0.2, 0.25) is 0 Å². The lowest BCUT2D eigenvalue weighted by molar-refractivity contribution is 0.00578. The molecule has 1 fully saturated rings. The van der Waals surface area contributed by atoms with E-state index in [-0.39, 0.29) is 27.3 Å². The highest BCUT2D eigenvalue weighted by atomic mass is 127. The molecule has 0 amide bonds. The van der Waals surface area contributed by atoms with E-state index < -0.39 is 42.7 Å². The number of benzene rings is 4. The van der Waals surface area contributed by atoms with Crippen LogP contribution in [0, 0.1) is 26.8 Å². The number of hydrogen-bond acceptors (Lipinski definition) is 6. The monoisotopic (exact) mass is 972 g/mol. The summed E-state index contributed by atoms with van der Waals surface area (Å²) in [7, 11) is -4.73. The van der Waals surface area contributed by atoms with Crippen LogP contribution in [0.2, 0.25) is 0 Å². The molecule has 0 N–H and O–H groups in total. The molecule has 0 spiro atoms. The SMILES string of the molecule is CC1(C)OB(c2ccc(N=S(C)(C)=O)cc2)OC1(C)C.CS(C)(=O)=Nc1ccc(-c2cc(F)c(Br)c(F)c2)cc1.Fc1cc(I)cc(F)c1Br. The third-order valence-electron chi connectivity index (χ3n) is 7.20. The molecule has 0 bridgehead atoms. The van der Waals surface area contributed by atoms with Crippen molar-refractivity contribution in [2.45, 2.75) is 38.9 Å². The maximum atomic E-state index is 13.5. The first-order valence-corrected chi connectivity index (χ1v) is 22.0. The first-order valence-electron chi connectivity index (χ1n) is 14.7. The zero-order valence-electron chi connectivity index (χ0n) is 28.5. The number of rotatable bonds is 4. The lowest BCUT2D eigenvalue weighted by Crippen LogP contribution is -2.41. The average molecular weight is 974 g/mol. The Morgan fingerprint density at radius 2 is 0.960 bits per heavy atom. The Morgan fingerprint density at radius 3 is 1.32 bits per heavy atom.